The predicted octanol–water partition coefficient (Wildman–Crippen LogP) is 1.37. The third kappa shape index (κ3) is 3.38. The van der Waals surface area contributed by atoms with E-state index in [0.29, 0.717) is 18.7 Å². The fraction of sp³-hybridized carbons (Fsp3) is 0.500. The van der Waals surface area contributed by atoms with Crippen molar-refractivity contribution in [3.8, 4) is 11.5 Å². The third-order valence-corrected chi connectivity index (χ3v) is 4.39. The number of nitrogens with zero attached hydrogens (tertiary/aromatic N) is 3. The molecule has 0 amide bonds. The lowest BCUT2D eigenvalue weighted by Gasteiger charge is -2.35. The van der Waals surface area contributed by atoms with E-state index in [4.69, 9.17) is 19.6 Å². The Morgan fingerprint density at radius 2 is 1.96 bits per heavy atom. The van der Waals surface area contributed by atoms with Gasteiger partial charge in [0, 0.05) is 25.7 Å². The second-order valence-corrected chi connectivity index (χ2v) is 6.16. The summed E-state index contributed by atoms with van der Waals surface area (Å²) in [7, 11) is 0. The Bertz CT molecular complexity index is 684. The van der Waals surface area contributed by atoms with E-state index in [1.807, 2.05) is 24.3 Å². The highest BCUT2D eigenvalue weighted by atomic mass is 16.6. The van der Waals surface area contributed by atoms with Crippen LogP contribution in [0.15, 0.2) is 28.7 Å². The van der Waals surface area contributed by atoms with Gasteiger partial charge < -0.3 is 24.9 Å². The van der Waals surface area contributed by atoms with Crippen LogP contribution in [0.25, 0.3) is 0 Å². The van der Waals surface area contributed by atoms with E-state index in [9.17, 15) is 0 Å². The minimum Gasteiger partial charge on any atom is -0.486 e. The first kappa shape index (κ1) is 15.1. The molecule has 0 aliphatic carbocycles. The molecule has 1 unspecified atom stereocenters. The highest BCUT2D eigenvalue weighted by Gasteiger charge is 2.26. The standard InChI is InChI=1S/C16H21N5O3/c17-15-19-20-16(24-15)18-11-5-7-21(8-6-11)9-12-10-22-13-3-1-2-4-14(13)23-12/h1-4,11-12H,5-10H2,(H2,17,19)(H,18,20). The molecule has 128 valence electrons. The Hall–Kier alpha value is -2.48. The maximum atomic E-state index is 6.03. The van der Waals surface area contributed by atoms with Crippen molar-refractivity contribution in [3.05, 3.63) is 24.3 Å². The minimum absolute atomic E-state index is 0.0696. The van der Waals surface area contributed by atoms with Crippen LogP contribution in [0.2, 0.25) is 0 Å². The van der Waals surface area contributed by atoms with E-state index in [1.54, 1.807) is 0 Å². The third-order valence-electron chi connectivity index (χ3n) is 4.39. The first-order valence-electron chi connectivity index (χ1n) is 8.22. The summed E-state index contributed by atoms with van der Waals surface area (Å²) in [5, 5.41) is 10.7. The largest absolute Gasteiger partial charge is 0.486 e. The van der Waals surface area contributed by atoms with Gasteiger partial charge in [0.25, 0.3) is 0 Å². The molecule has 0 saturated carbocycles. The maximum Gasteiger partial charge on any atom is 0.317 e. The number of ether oxygens (including phenoxy) is 2. The number of hydrogen-bond acceptors (Lipinski definition) is 8. The molecule has 24 heavy (non-hydrogen) atoms. The maximum absolute atomic E-state index is 6.03. The number of piperidine rings is 1. The van der Waals surface area contributed by atoms with E-state index in [0.717, 1.165) is 44.0 Å². The highest BCUT2D eigenvalue weighted by Crippen LogP contribution is 2.31. The van der Waals surface area contributed by atoms with Crippen LogP contribution in [-0.4, -0.2) is 53.5 Å². The van der Waals surface area contributed by atoms with E-state index in [2.05, 4.69) is 20.4 Å². The van der Waals surface area contributed by atoms with Gasteiger partial charge in [0.1, 0.15) is 12.7 Å². The zero-order chi connectivity index (χ0) is 16.4. The van der Waals surface area contributed by atoms with Crippen LogP contribution in [0.5, 0.6) is 11.5 Å². The molecule has 8 nitrogen and oxygen atoms in total. The average molecular weight is 331 g/mol. The molecule has 3 N–H and O–H groups in total. The molecular weight excluding hydrogens is 310 g/mol. The van der Waals surface area contributed by atoms with Crippen molar-refractivity contribution in [1.82, 2.24) is 15.1 Å². The number of rotatable bonds is 4. The molecule has 2 aromatic rings. The number of hydrogen-bond donors (Lipinski definition) is 2. The number of nitrogen functional groups attached to an aromatic ring is 1. The van der Waals surface area contributed by atoms with Crippen molar-refractivity contribution in [2.75, 3.05) is 37.3 Å². The number of para-hydroxylation sites is 2. The lowest BCUT2D eigenvalue weighted by molar-refractivity contribution is 0.0522. The first-order chi connectivity index (χ1) is 11.8. The lowest BCUT2D eigenvalue weighted by Crippen LogP contribution is -2.46. The lowest BCUT2D eigenvalue weighted by atomic mass is 10.0. The quantitative estimate of drug-likeness (QED) is 0.867. The van der Waals surface area contributed by atoms with Crippen LogP contribution >= 0.6 is 0 Å². The highest BCUT2D eigenvalue weighted by molar-refractivity contribution is 5.40. The summed E-state index contributed by atoms with van der Waals surface area (Å²) in [6.45, 7) is 3.44. The van der Waals surface area contributed by atoms with Crippen LogP contribution in [0.1, 0.15) is 12.8 Å². The Morgan fingerprint density at radius 1 is 1.17 bits per heavy atom. The van der Waals surface area contributed by atoms with Gasteiger partial charge in [-0.25, -0.2) is 0 Å². The summed E-state index contributed by atoms with van der Waals surface area (Å²) in [4.78, 5) is 2.41. The number of fused-ring (bicyclic) bond motifs is 1. The van der Waals surface area contributed by atoms with E-state index in [-0.39, 0.29) is 12.1 Å². The van der Waals surface area contributed by atoms with Gasteiger partial charge in [-0.15, -0.1) is 0 Å². The first-order valence-corrected chi connectivity index (χ1v) is 8.22. The molecule has 2 aliphatic heterocycles. The Kier molecular flexibility index (Phi) is 4.12. The molecule has 0 radical (unpaired) electrons. The van der Waals surface area contributed by atoms with Crippen LogP contribution in [-0.2, 0) is 0 Å². The van der Waals surface area contributed by atoms with Gasteiger partial charge in [-0.3, -0.25) is 4.90 Å². The zero-order valence-corrected chi connectivity index (χ0v) is 13.4. The smallest absolute Gasteiger partial charge is 0.317 e. The van der Waals surface area contributed by atoms with Crippen LogP contribution in [0, 0.1) is 0 Å². The summed E-state index contributed by atoms with van der Waals surface area (Å²) in [5.41, 5.74) is 5.43. The normalized spacial score (nSPS) is 21.6. The van der Waals surface area contributed by atoms with Gasteiger partial charge in [-0.2, -0.15) is 0 Å². The molecule has 3 heterocycles. The molecule has 8 heteroatoms. The Labute approximate surface area is 139 Å². The number of nitrogens with one attached hydrogen (secondary N) is 1. The molecular formula is C16H21N5O3. The molecule has 0 bridgehead atoms. The number of nitrogens with two attached hydrogens (primary N) is 1. The fourth-order valence-electron chi connectivity index (χ4n) is 3.17. The van der Waals surface area contributed by atoms with Gasteiger partial charge in [-0.05, 0) is 25.0 Å². The van der Waals surface area contributed by atoms with Gasteiger partial charge in [0.2, 0.25) is 0 Å². The second kappa shape index (κ2) is 6.56. The van der Waals surface area contributed by atoms with Crippen molar-refractivity contribution in [2.24, 2.45) is 0 Å². The Balaban J connectivity index is 1.25. The van der Waals surface area contributed by atoms with Crippen molar-refractivity contribution in [3.63, 3.8) is 0 Å². The Morgan fingerprint density at radius 3 is 2.71 bits per heavy atom. The summed E-state index contributed by atoms with van der Waals surface area (Å²) in [6.07, 6.45) is 2.08. The van der Waals surface area contributed by atoms with Crippen LogP contribution in [0.3, 0.4) is 0 Å². The average Bonchev–Trinajstić information content (AvgIpc) is 3.01. The molecule has 0 spiro atoms. The van der Waals surface area contributed by atoms with E-state index >= 15 is 0 Å². The van der Waals surface area contributed by atoms with Crippen molar-refractivity contribution in [1.29, 1.82) is 0 Å². The summed E-state index contributed by atoms with van der Waals surface area (Å²) in [6, 6.07) is 8.62. The van der Waals surface area contributed by atoms with Gasteiger partial charge in [0.15, 0.2) is 11.5 Å². The van der Waals surface area contributed by atoms with Crippen LogP contribution < -0.4 is 20.5 Å². The van der Waals surface area contributed by atoms with Crippen molar-refractivity contribution < 1.29 is 13.9 Å². The second-order valence-electron chi connectivity index (χ2n) is 6.16. The van der Waals surface area contributed by atoms with Gasteiger partial charge in [0.05, 0.1) is 0 Å². The zero-order valence-electron chi connectivity index (χ0n) is 13.4. The summed E-state index contributed by atoms with van der Waals surface area (Å²) in [5.74, 6) is 1.66. The molecule has 1 aromatic heterocycles. The summed E-state index contributed by atoms with van der Waals surface area (Å²) < 4.78 is 17.0. The fourth-order valence-corrected chi connectivity index (χ4v) is 3.17. The SMILES string of the molecule is Nc1nnc(NC2CCN(CC3COc4ccccc4O3)CC2)o1. The van der Waals surface area contributed by atoms with Gasteiger partial charge >= 0.3 is 12.0 Å². The number of aromatic nitrogens is 2. The van der Waals surface area contributed by atoms with Crippen LogP contribution in [0.4, 0.5) is 12.0 Å². The van der Waals surface area contributed by atoms with E-state index < -0.39 is 0 Å². The molecule has 1 atom stereocenters. The number of benzene rings is 1. The van der Waals surface area contributed by atoms with Crippen molar-refractivity contribution in [2.45, 2.75) is 25.0 Å². The monoisotopic (exact) mass is 331 g/mol. The topological polar surface area (TPSA) is 98.7 Å². The molecule has 2 aliphatic rings. The molecule has 4 rings (SSSR count). The predicted molar refractivity (Wildman–Crippen MR) is 88.1 cm³/mol. The van der Waals surface area contributed by atoms with E-state index in [1.165, 1.54) is 0 Å². The number of likely N-dealkylation sites (tertiary alicyclic amines) is 1. The summed E-state index contributed by atoms with van der Waals surface area (Å²) >= 11 is 0. The minimum atomic E-state index is 0.0696. The molecule has 1 aromatic carbocycles. The molecule has 1 saturated heterocycles. The number of anilines is 2. The molecule has 1 fully saturated rings. The van der Waals surface area contributed by atoms with Crippen molar-refractivity contribution >= 4 is 12.0 Å². The van der Waals surface area contributed by atoms with Gasteiger partial charge in [-0.1, -0.05) is 22.3 Å².